The van der Waals surface area contributed by atoms with E-state index in [2.05, 4.69) is 31.9 Å². The quantitative estimate of drug-likeness (QED) is 0.223. The Balaban J connectivity index is 1.66. The molecule has 0 unspecified atom stereocenters. The summed E-state index contributed by atoms with van der Waals surface area (Å²) in [7, 11) is 1.33. The predicted molar refractivity (Wildman–Crippen MR) is 159 cm³/mol. The van der Waals surface area contributed by atoms with Crippen molar-refractivity contribution >= 4 is 55.2 Å². The van der Waals surface area contributed by atoms with Crippen molar-refractivity contribution < 1.29 is 18.7 Å². The van der Waals surface area contributed by atoms with Gasteiger partial charge in [0.1, 0.15) is 18.2 Å². The Morgan fingerprint density at radius 1 is 1.12 bits per heavy atom. The number of methoxy groups -OCH3 is 1. The first-order chi connectivity index (χ1) is 19.3. The largest absolute Gasteiger partial charge is 0.487 e. The van der Waals surface area contributed by atoms with Gasteiger partial charge in [0.15, 0.2) is 4.80 Å². The Hall–Kier alpha value is -3.34. The molecule has 0 radical (unpaired) electrons. The lowest BCUT2D eigenvalue weighted by Crippen LogP contribution is -2.40. The summed E-state index contributed by atoms with van der Waals surface area (Å²) in [5.41, 5.74) is 2.89. The number of thiazole rings is 1. The zero-order valence-corrected chi connectivity index (χ0v) is 25.5. The fraction of sp³-hybridized carbons (Fsp3) is 0.167. The second kappa shape index (κ2) is 12.0. The average Bonchev–Trinajstić information content (AvgIpc) is 3.26. The summed E-state index contributed by atoms with van der Waals surface area (Å²) >= 11 is 8.34. The number of ether oxygens (including phenoxy) is 2. The zero-order valence-electron chi connectivity index (χ0n) is 21.5. The van der Waals surface area contributed by atoms with Gasteiger partial charge in [-0.25, -0.2) is 14.2 Å². The smallest absolute Gasteiger partial charge is 0.338 e. The molecule has 1 atom stereocenters. The fourth-order valence-electron chi connectivity index (χ4n) is 4.53. The number of fused-ring (bicyclic) bond motifs is 1. The first-order valence-electron chi connectivity index (χ1n) is 12.3. The van der Waals surface area contributed by atoms with Crippen LogP contribution in [0.15, 0.2) is 96.7 Å². The van der Waals surface area contributed by atoms with E-state index in [9.17, 15) is 14.0 Å². The van der Waals surface area contributed by atoms with Crippen molar-refractivity contribution in [3.63, 3.8) is 0 Å². The van der Waals surface area contributed by atoms with Crippen molar-refractivity contribution in [3.05, 3.63) is 129 Å². The van der Waals surface area contributed by atoms with Crippen molar-refractivity contribution in [2.75, 3.05) is 7.11 Å². The topological polar surface area (TPSA) is 69.9 Å². The summed E-state index contributed by atoms with van der Waals surface area (Å²) in [4.78, 5) is 32.1. The molecule has 0 saturated heterocycles. The molecule has 204 valence electrons. The van der Waals surface area contributed by atoms with Crippen molar-refractivity contribution in [3.8, 4) is 5.75 Å². The minimum atomic E-state index is -0.676. The van der Waals surface area contributed by atoms with Gasteiger partial charge in [0.05, 0.1) is 33.4 Å². The molecule has 5 rings (SSSR count). The van der Waals surface area contributed by atoms with E-state index in [4.69, 9.17) is 14.5 Å². The van der Waals surface area contributed by atoms with Crippen LogP contribution in [0.3, 0.4) is 0 Å². The van der Waals surface area contributed by atoms with Crippen LogP contribution < -0.4 is 19.6 Å². The van der Waals surface area contributed by atoms with Crippen molar-refractivity contribution in [2.45, 2.75) is 26.0 Å². The average molecular weight is 686 g/mol. The summed E-state index contributed by atoms with van der Waals surface area (Å²) in [6.07, 6.45) is 2.26. The number of halogens is 3. The van der Waals surface area contributed by atoms with Crippen LogP contribution >= 0.6 is 43.2 Å². The second-order valence-electron chi connectivity index (χ2n) is 8.92. The van der Waals surface area contributed by atoms with E-state index in [-0.39, 0.29) is 18.0 Å². The monoisotopic (exact) mass is 684 g/mol. The molecule has 0 amide bonds. The minimum Gasteiger partial charge on any atom is -0.487 e. The molecule has 1 aliphatic heterocycles. The number of hydrogen-bond donors (Lipinski definition) is 0. The van der Waals surface area contributed by atoms with E-state index in [1.165, 1.54) is 30.6 Å². The molecule has 0 saturated carbocycles. The Kier molecular flexibility index (Phi) is 8.48. The third kappa shape index (κ3) is 5.61. The number of esters is 1. The van der Waals surface area contributed by atoms with Gasteiger partial charge in [-0.05, 0) is 63.8 Å². The van der Waals surface area contributed by atoms with E-state index >= 15 is 0 Å². The molecule has 1 aromatic heterocycles. The summed E-state index contributed by atoms with van der Waals surface area (Å²) in [5, 5.41) is 0. The molecular formula is C30H23Br2FN2O4S. The fourth-order valence-corrected chi connectivity index (χ4v) is 6.92. The van der Waals surface area contributed by atoms with Crippen LogP contribution in [0.4, 0.5) is 4.39 Å². The van der Waals surface area contributed by atoms with Crippen LogP contribution in [0.2, 0.25) is 0 Å². The SMILES string of the molecule is CCC1=C(C(=O)OC)[C@@H](c2ccccc2)n2c(s/c(=C/c3cc(Br)cc(Br)c3OCc3ccc(F)cc3)c2=O)=N1. The third-order valence-electron chi connectivity index (χ3n) is 6.39. The first kappa shape index (κ1) is 28.2. The Bertz CT molecular complexity index is 1800. The molecule has 0 fully saturated rings. The van der Waals surface area contributed by atoms with E-state index < -0.39 is 12.0 Å². The van der Waals surface area contributed by atoms with Gasteiger partial charge >= 0.3 is 5.97 Å². The van der Waals surface area contributed by atoms with Crippen molar-refractivity contribution in [2.24, 2.45) is 4.99 Å². The summed E-state index contributed by atoms with van der Waals surface area (Å²) in [5.74, 6) is -0.307. The van der Waals surface area contributed by atoms with Gasteiger partial charge in [-0.15, -0.1) is 0 Å². The van der Waals surface area contributed by atoms with E-state index in [1.54, 1.807) is 22.8 Å². The van der Waals surface area contributed by atoms with Gasteiger partial charge in [-0.3, -0.25) is 9.36 Å². The van der Waals surface area contributed by atoms with Gasteiger partial charge in [0.2, 0.25) is 0 Å². The molecular weight excluding hydrogens is 663 g/mol. The van der Waals surface area contributed by atoms with Crippen molar-refractivity contribution in [1.82, 2.24) is 4.57 Å². The molecule has 4 aromatic rings. The number of benzene rings is 3. The van der Waals surface area contributed by atoms with E-state index in [1.807, 2.05) is 49.4 Å². The molecule has 1 aliphatic rings. The van der Waals surface area contributed by atoms with Gasteiger partial charge in [-0.1, -0.05) is 76.7 Å². The number of nitrogens with zero attached hydrogens (tertiary/aromatic N) is 2. The number of rotatable bonds is 7. The summed E-state index contributed by atoms with van der Waals surface area (Å²) in [6.45, 7) is 2.13. The molecule has 6 nitrogen and oxygen atoms in total. The first-order valence-corrected chi connectivity index (χ1v) is 14.7. The predicted octanol–water partition coefficient (Wildman–Crippen LogP) is 6.04. The lowest BCUT2D eigenvalue weighted by atomic mass is 9.95. The minimum absolute atomic E-state index is 0.207. The standard InChI is InChI=1S/C30H23Br2FN2O4S/c1-3-23-25(29(37)38-2)26(18-7-5-4-6-8-18)35-28(36)24(40-30(35)34-23)14-19-13-20(31)15-22(32)27(19)39-16-17-9-11-21(33)12-10-17/h4-15,26H,3,16H2,1-2H3/b24-14+/t26-/m1/s1. The highest BCUT2D eigenvalue weighted by Gasteiger charge is 2.33. The highest BCUT2D eigenvalue weighted by molar-refractivity contribution is 9.11. The molecule has 3 aromatic carbocycles. The summed E-state index contributed by atoms with van der Waals surface area (Å²) < 4.78 is 28.1. The van der Waals surface area contributed by atoms with Gasteiger partial charge in [0, 0.05) is 10.0 Å². The van der Waals surface area contributed by atoms with Crippen LogP contribution in [0.25, 0.3) is 6.08 Å². The maximum atomic E-state index is 14.0. The molecule has 0 spiro atoms. The van der Waals surface area contributed by atoms with Gasteiger partial charge in [0.25, 0.3) is 5.56 Å². The zero-order chi connectivity index (χ0) is 28.4. The second-order valence-corrected chi connectivity index (χ2v) is 11.7. The van der Waals surface area contributed by atoms with Crippen molar-refractivity contribution in [1.29, 1.82) is 0 Å². The number of aromatic nitrogens is 1. The van der Waals surface area contributed by atoms with E-state index in [0.29, 0.717) is 42.8 Å². The molecule has 0 N–H and O–H groups in total. The number of carbonyl (C=O) groups excluding carboxylic acids is 1. The van der Waals surface area contributed by atoms with Gasteiger partial charge in [-0.2, -0.15) is 0 Å². The normalized spacial score (nSPS) is 15.0. The number of carbonyl (C=O) groups is 1. The Morgan fingerprint density at radius 3 is 2.52 bits per heavy atom. The molecule has 10 heteroatoms. The third-order valence-corrected chi connectivity index (χ3v) is 8.42. The van der Waals surface area contributed by atoms with Crippen LogP contribution in [0, 0.1) is 5.82 Å². The van der Waals surface area contributed by atoms with E-state index in [0.717, 1.165) is 15.6 Å². The lowest BCUT2D eigenvalue weighted by Gasteiger charge is -2.25. The van der Waals surface area contributed by atoms with Crippen LogP contribution in [-0.4, -0.2) is 17.6 Å². The molecule has 2 heterocycles. The maximum Gasteiger partial charge on any atom is 0.338 e. The maximum absolute atomic E-state index is 14.0. The Labute approximate surface area is 250 Å². The van der Waals surface area contributed by atoms with Crippen LogP contribution in [0.1, 0.15) is 36.1 Å². The number of allylic oxidation sites excluding steroid dienone is 1. The molecule has 0 aliphatic carbocycles. The highest BCUT2D eigenvalue weighted by Crippen LogP contribution is 2.35. The number of hydrogen-bond acceptors (Lipinski definition) is 6. The van der Waals surface area contributed by atoms with Crippen LogP contribution in [0.5, 0.6) is 5.75 Å². The van der Waals surface area contributed by atoms with Crippen LogP contribution in [-0.2, 0) is 16.1 Å². The Morgan fingerprint density at radius 2 is 1.85 bits per heavy atom. The molecule has 40 heavy (non-hydrogen) atoms. The van der Waals surface area contributed by atoms with Gasteiger partial charge < -0.3 is 9.47 Å². The molecule has 0 bridgehead atoms. The lowest BCUT2D eigenvalue weighted by molar-refractivity contribution is -0.136. The summed E-state index contributed by atoms with van der Waals surface area (Å²) in [6, 6.07) is 18.5. The highest BCUT2D eigenvalue weighted by atomic mass is 79.9.